The van der Waals surface area contributed by atoms with E-state index in [0.717, 1.165) is 29.7 Å². The summed E-state index contributed by atoms with van der Waals surface area (Å²) in [6, 6.07) is 15.9. The van der Waals surface area contributed by atoms with Gasteiger partial charge in [0.2, 0.25) is 0 Å². The van der Waals surface area contributed by atoms with Crippen LogP contribution in [0.3, 0.4) is 0 Å². The summed E-state index contributed by atoms with van der Waals surface area (Å²) in [5.41, 5.74) is 0.150. The van der Waals surface area contributed by atoms with Gasteiger partial charge in [-0.2, -0.15) is 16.8 Å². The number of rotatable bonds is 4. The fourth-order valence-electron chi connectivity index (χ4n) is 3.15. The van der Waals surface area contributed by atoms with Crippen LogP contribution >= 0.6 is 0 Å². The van der Waals surface area contributed by atoms with Crippen molar-refractivity contribution >= 4 is 90.9 Å². The third-order valence-electron chi connectivity index (χ3n) is 4.61. The third kappa shape index (κ3) is 4.94. The minimum atomic E-state index is -4.65. The van der Waals surface area contributed by atoms with Crippen molar-refractivity contribution in [3.63, 3.8) is 0 Å². The SMILES string of the molecule is O=S(=O)(O)c1ccc2c(N=Nc3c(O)ccc4ccccc34)cc(S(=O)(=O)O)cc2c1.[Ca]. The maximum atomic E-state index is 11.7. The number of hydrogen-bond acceptors (Lipinski definition) is 7. The van der Waals surface area contributed by atoms with Gasteiger partial charge in [0.15, 0.2) is 0 Å². The molecule has 0 aliphatic rings. The van der Waals surface area contributed by atoms with E-state index in [1.54, 1.807) is 18.2 Å². The van der Waals surface area contributed by atoms with Crippen LogP contribution in [0.5, 0.6) is 5.75 Å². The van der Waals surface area contributed by atoms with Crippen molar-refractivity contribution in [2.24, 2.45) is 10.2 Å². The van der Waals surface area contributed by atoms with Crippen LogP contribution in [0.2, 0.25) is 0 Å². The summed E-state index contributed by atoms with van der Waals surface area (Å²) in [5, 5.41) is 20.2. The molecule has 4 aromatic rings. The van der Waals surface area contributed by atoms with Crippen LogP contribution in [0.15, 0.2) is 86.7 Å². The quantitative estimate of drug-likeness (QED) is 0.216. The van der Waals surface area contributed by atoms with Crippen molar-refractivity contribution in [1.82, 2.24) is 0 Å². The zero-order valence-corrected chi connectivity index (χ0v) is 20.1. The van der Waals surface area contributed by atoms with Crippen molar-refractivity contribution in [3.05, 3.63) is 66.7 Å². The summed E-state index contributed by atoms with van der Waals surface area (Å²) < 4.78 is 65.0. The van der Waals surface area contributed by atoms with Crippen LogP contribution in [-0.4, -0.2) is 68.8 Å². The van der Waals surface area contributed by atoms with Crippen molar-refractivity contribution in [2.45, 2.75) is 9.79 Å². The van der Waals surface area contributed by atoms with E-state index < -0.39 is 30.0 Å². The van der Waals surface area contributed by atoms with E-state index in [1.165, 1.54) is 12.1 Å². The second-order valence-electron chi connectivity index (χ2n) is 6.63. The van der Waals surface area contributed by atoms with Gasteiger partial charge in [0, 0.05) is 48.5 Å². The van der Waals surface area contributed by atoms with E-state index in [9.17, 15) is 31.0 Å². The van der Waals surface area contributed by atoms with Crippen molar-refractivity contribution in [1.29, 1.82) is 0 Å². The molecule has 0 heterocycles. The van der Waals surface area contributed by atoms with Crippen LogP contribution in [0.25, 0.3) is 21.5 Å². The van der Waals surface area contributed by atoms with Gasteiger partial charge in [-0.25, -0.2) is 0 Å². The van der Waals surface area contributed by atoms with Gasteiger partial charge < -0.3 is 5.11 Å². The number of hydrogen-bond donors (Lipinski definition) is 3. The summed E-state index contributed by atoms with van der Waals surface area (Å²) >= 11 is 0. The average molecular weight is 499 g/mol. The van der Waals surface area contributed by atoms with Gasteiger partial charge in [0.1, 0.15) is 11.4 Å². The maximum absolute atomic E-state index is 11.7. The molecular weight excluding hydrogens is 484 g/mol. The molecule has 0 spiro atoms. The van der Waals surface area contributed by atoms with E-state index in [2.05, 4.69) is 10.2 Å². The second-order valence-corrected chi connectivity index (χ2v) is 9.47. The van der Waals surface area contributed by atoms with E-state index >= 15 is 0 Å². The Morgan fingerprint density at radius 2 is 1.31 bits per heavy atom. The number of aromatic hydroxyl groups is 1. The Bertz CT molecular complexity index is 1600. The predicted octanol–water partition coefficient (Wildman–Crippen LogP) is 4.23. The molecular formula is C20H14CaN2O7S2. The Kier molecular flexibility index (Phi) is 6.91. The summed E-state index contributed by atoms with van der Waals surface area (Å²) in [4.78, 5) is -0.995. The molecule has 32 heavy (non-hydrogen) atoms. The molecule has 3 N–H and O–H groups in total. The van der Waals surface area contributed by atoms with Gasteiger partial charge in [-0.15, -0.1) is 10.2 Å². The topological polar surface area (TPSA) is 154 Å². The van der Waals surface area contributed by atoms with E-state index in [0.29, 0.717) is 10.8 Å². The van der Waals surface area contributed by atoms with Crippen LogP contribution in [-0.2, 0) is 20.2 Å². The summed E-state index contributed by atoms with van der Waals surface area (Å²) in [6.45, 7) is 0. The van der Waals surface area contributed by atoms with E-state index in [4.69, 9.17) is 0 Å². The number of fused-ring (bicyclic) bond motifs is 2. The number of phenolic OH excluding ortho intramolecular Hbond substituents is 1. The molecule has 12 heteroatoms. The molecule has 0 aliphatic heterocycles. The molecule has 0 saturated carbocycles. The molecule has 0 bridgehead atoms. The third-order valence-corrected chi connectivity index (χ3v) is 6.29. The molecule has 0 atom stereocenters. The first-order valence-corrected chi connectivity index (χ1v) is 11.6. The molecule has 0 saturated heterocycles. The zero-order valence-electron chi connectivity index (χ0n) is 16.2. The molecule has 0 aliphatic carbocycles. The van der Waals surface area contributed by atoms with Gasteiger partial charge in [0.05, 0.1) is 15.5 Å². The van der Waals surface area contributed by atoms with Crippen LogP contribution in [0.1, 0.15) is 0 Å². The average Bonchev–Trinajstić information content (AvgIpc) is 2.71. The molecule has 160 valence electrons. The van der Waals surface area contributed by atoms with Crippen LogP contribution in [0.4, 0.5) is 11.4 Å². The first kappa shape index (κ1) is 24.5. The molecule has 0 fully saturated rings. The van der Waals surface area contributed by atoms with E-state index in [-0.39, 0.29) is 60.2 Å². The Balaban J connectivity index is 0.00000289. The number of benzene rings is 4. The first-order chi connectivity index (χ1) is 14.5. The summed E-state index contributed by atoms with van der Waals surface area (Å²) in [6.07, 6.45) is 0. The molecule has 0 unspecified atom stereocenters. The van der Waals surface area contributed by atoms with E-state index in [1.807, 2.05) is 12.1 Å². The Hall–Kier alpha value is -2.12. The van der Waals surface area contributed by atoms with Gasteiger partial charge in [-0.1, -0.05) is 36.4 Å². The standard InChI is InChI=1S/C20H14N2O7S2.Ca/c23-19-8-5-12-3-1-2-4-17(12)20(19)22-21-18-11-15(31(27,28)29)10-13-9-14(30(24,25)26)6-7-16(13)18;/h1-11,23H,(H,24,25,26)(H,27,28,29);. The smallest absolute Gasteiger partial charge is 0.294 e. The fraction of sp³-hybridized carbons (Fsp3) is 0. The summed E-state index contributed by atoms with van der Waals surface area (Å²) in [7, 11) is -9.19. The fourth-order valence-corrected chi connectivity index (χ4v) is 4.20. The molecule has 4 rings (SSSR count). The Morgan fingerprint density at radius 1 is 0.656 bits per heavy atom. The van der Waals surface area contributed by atoms with Crippen LogP contribution < -0.4 is 0 Å². The minimum absolute atomic E-state index is 0. The molecule has 0 aromatic heterocycles. The minimum Gasteiger partial charge on any atom is -0.506 e. The molecule has 2 radical (unpaired) electrons. The molecule has 4 aromatic carbocycles. The second kappa shape index (κ2) is 9.02. The van der Waals surface area contributed by atoms with Gasteiger partial charge in [-0.3, -0.25) is 9.11 Å². The Labute approximate surface area is 212 Å². The van der Waals surface area contributed by atoms with Gasteiger partial charge in [0.25, 0.3) is 20.2 Å². The monoisotopic (exact) mass is 498 g/mol. The van der Waals surface area contributed by atoms with Crippen LogP contribution in [0, 0.1) is 0 Å². The largest absolute Gasteiger partial charge is 0.506 e. The molecule has 0 amide bonds. The Morgan fingerprint density at radius 3 is 2.00 bits per heavy atom. The molecule has 9 nitrogen and oxygen atoms in total. The normalized spacial score (nSPS) is 12.3. The number of nitrogens with zero attached hydrogens (tertiary/aromatic N) is 2. The van der Waals surface area contributed by atoms with Gasteiger partial charge >= 0.3 is 0 Å². The maximum Gasteiger partial charge on any atom is 0.294 e. The summed E-state index contributed by atoms with van der Waals surface area (Å²) in [5.74, 6) is -0.147. The van der Waals surface area contributed by atoms with Crippen molar-refractivity contribution < 1.29 is 31.0 Å². The number of azo groups is 1. The zero-order chi connectivity index (χ0) is 22.4. The predicted molar refractivity (Wildman–Crippen MR) is 119 cm³/mol. The number of phenols is 1. The van der Waals surface area contributed by atoms with Gasteiger partial charge in [-0.05, 0) is 41.1 Å². The van der Waals surface area contributed by atoms with Crippen molar-refractivity contribution in [2.75, 3.05) is 0 Å². The first-order valence-electron chi connectivity index (χ1n) is 8.69. The van der Waals surface area contributed by atoms with Crippen molar-refractivity contribution in [3.8, 4) is 5.75 Å².